The maximum absolute atomic E-state index is 11.9. The molecule has 15 heavy (non-hydrogen) atoms. The van der Waals surface area contributed by atoms with Gasteiger partial charge in [0.2, 0.25) is 5.91 Å². The van der Waals surface area contributed by atoms with Crippen LogP contribution in [-0.2, 0) is 4.79 Å². The van der Waals surface area contributed by atoms with Crippen molar-refractivity contribution in [3.8, 4) is 0 Å². The fraction of sp³-hybridized carbons (Fsp3) is 0.417. The fourth-order valence-corrected chi connectivity index (χ4v) is 1.96. The molecule has 1 unspecified atom stereocenters. The van der Waals surface area contributed by atoms with Gasteiger partial charge in [-0.2, -0.15) is 0 Å². The minimum absolute atomic E-state index is 0.0321. The second-order valence-corrected chi connectivity index (χ2v) is 3.88. The number of para-hydroxylation sites is 1. The van der Waals surface area contributed by atoms with Gasteiger partial charge in [-0.1, -0.05) is 31.5 Å². The summed E-state index contributed by atoms with van der Waals surface area (Å²) in [5.41, 5.74) is 7.81. The molecule has 1 aliphatic heterocycles. The Morgan fingerprint density at radius 2 is 2.13 bits per heavy atom. The number of nitrogens with zero attached hydrogens (tertiary/aromatic N) is 1. The van der Waals surface area contributed by atoms with Crippen LogP contribution in [0.25, 0.3) is 0 Å². The van der Waals surface area contributed by atoms with Crippen LogP contribution < -0.4 is 10.6 Å². The molecule has 0 aliphatic carbocycles. The Morgan fingerprint density at radius 1 is 1.40 bits per heavy atom. The van der Waals surface area contributed by atoms with Gasteiger partial charge in [0.25, 0.3) is 0 Å². The quantitative estimate of drug-likeness (QED) is 0.816. The predicted molar refractivity (Wildman–Crippen MR) is 60.6 cm³/mol. The molecule has 0 fully saturated rings. The third kappa shape index (κ3) is 1.63. The van der Waals surface area contributed by atoms with Crippen molar-refractivity contribution in [2.45, 2.75) is 25.8 Å². The van der Waals surface area contributed by atoms with E-state index < -0.39 is 6.04 Å². The van der Waals surface area contributed by atoms with E-state index in [1.54, 1.807) is 0 Å². The third-order valence-electron chi connectivity index (χ3n) is 2.83. The zero-order chi connectivity index (χ0) is 10.8. The summed E-state index contributed by atoms with van der Waals surface area (Å²) in [6.45, 7) is 2.90. The average Bonchev–Trinajstić information content (AvgIpc) is 2.51. The summed E-state index contributed by atoms with van der Waals surface area (Å²) >= 11 is 0. The lowest BCUT2D eigenvalue weighted by atomic mass is 10.1. The van der Waals surface area contributed by atoms with Gasteiger partial charge in [0, 0.05) is 17.8 Å². The minimum Gasteiger partial charge on any atom is -0.316 e. The highest BCUT2D eigenvalue weighted by atomic mass is 16.2. The summed E-state index contributed by atoms with van der Waals surface area (Å²) in [5.74, 6) is 0.0321. The second-order valence-electron chi connectivity index (χ2n) is 3.88. The summed E-state index contributed by atoms with van der Waals surface area (Å²) in [6.07, 6.45) is 2.11. The van der Waals surface area contributed by atoms with E-state index in [4.69, 9.17) is 5.73 Å². The molecule has 1 aromatic rings. The second kappa shape index (κ2) is 4.03. The van der Waals surface area contributed by atoms with Crippen LogP contribution in [0, 0.1) is 0 Å². The van der Waals surface area contributed by atoms with Crippen molar-refractivity contribution in [1.29, 1.82) is 0 Å². The van der Waals surface area contributed by atoms with E-state index in [1.807, 2.05) is 29.2 Å². The normalized spacial score (nSPS) is 19.5. The molecule has 0 saturated carbocycles. The zero-order valence-corrected chi connectivity index (χ0v) is 8.94. The molecule has 0 saturated heterocycles. The first-order chi connectivity index (χ1) is 7.25. The third-order valence-corrected chi connectivity index (χ3v) is 2.83. The molecule has 0 bridgehead atoms. The van der Waals surface area contributed by atoms with Crippen LogP contribution in [-0.4, -0.2) is 12.5 Å². The summed E-state index contributed by atoms with van der Waals surface area (Å²) in [7, 11) is 0. The number of rotatable bonds is 3. The van der Waals surface area contributed by atoms with Gasteiger partial charge < -0.3 is 10.6 Å². The van der Waals surface area contributed by atoms with E-state index >= 15 is 0 Å². The number of benzene rings is 1. The Balaban J connectivity index is 2.30. The molecular weight excluding hydrogens is 188 g/mol. The number of hydrogen-bond donors (Lipinski definition) is 1. The summed E-state index contributed by atoms with van der Waals surface area (Å²) in [5, 5.41) is 0. The predicted octanol–water partition coefficient (Wildman–Crippen LogP) is 1.83. The van der Waals surface area contributed by atoms with E-state index in [0.717, 1.165) is 30.6 Å². The maximum atomic E-state index is 11.9. The van der Waals surface area contributed by atoms with E-state index in [0.29, 0.717) is 0 Å². The molecule has 2 rings (SSSR count). The maximum Gasteiger partial charge on any atom is 0.248 e. The van der Waals surface area contributed by atoms with Crippen LogP contribution in [0.15, 0.2) is 24.3 Å². The highest BCUT2D eigenvalue weighted by Gasteiger charge is 2.33. The Morgan fingerprint density at radius 3 is 2.87 bits per heavy atom. The van der Waals surface area contributed by atoms with Gasteiger partial charge in [-0.3, -0.25) is 4.79 Å². The van der Waals surface area contributed by atoms with Gasteiger partial charge in [-0.05, 0) is 12.5 Å². The number of unbranched alkanes of at least 4 members (excludes halogenated alkanes) is 1. The smallest absolute Gasteiger partial charge is 0.248 e. The summed E-state index contributed by atoms with van der Waals surface area (Å²) in [4.78, 5) is 13.7. The van der Waals surface area contributed by atoms with Crippen LogP contribution in [0.1, 0.15) is 31.4 Å². The average molecular weight is 204 g/mol. The van der Waals surface area contributed by atoms with Crippen molar-refractivity contribution < 1.29 is 4.79 Å². The number of anilines is 1. The number of fused-ring (bicyclic) bond motifs is 1. The fourth-order valence-electron chi connectivity index (χ4n) is 1.96. The van der Waals surface area contributed by atoms with Crippen molar-refractivity contribution in [3.63, 3.8) is 0 Å². The largest absolute Gasteiger partial charge is 0.316 e. The van der Waals surface area contributed by atoms with Crippen LogP contribution >= 0.6 is 0 Å². The molecular formula is C12H16N2O. The number of carbonyl (C=O) groups is 1. The SMILES string of the molecule is CCCCN1C(=O)C(N)c2ccccc21. The Labute approximate surface area is 89.9 Å². The zero-order valence-electron chi connectivity index (χ0n) is 8.94. The van der Waals surface area contributed by atoms with Crippen LogP contribution in [0.5, 0.6) is 0 Å². The molecule has 1 heterocycles. The van der Waals surface area contributed by atoms with Gasteiger partial charge in [-0.25, -0.2) is 0 Å². The van der Waals surface area contributed by atoms with E-state index in [-0.39, 0.29) is 5.91 Å². The lowest BCUT2D eigenvalue weighted by Gasteiger charge is -2.16. The van der Waals surface area contributed by atoms with Crippen molar-refractivity contribution in [2.24, 2.45) is 5.73 Å². The Kier molecular flexibility index (Phi) is 2.73. The molecule has 3 heteroatoms. The molecule has 3 nitrogen and oxygen atoms in total. The van der Waals surface area contributed by atoms with Crippen LogP contribution in [0.4, 0.5) is 5.69 Å². The molecule has 1 aliphatic rings. The van der Waals surface area contributed by atoms with Gasteiger partial charge in [0.15, 0.2) is 0 Å². The Bertz CT molecular complexity index is 376. The number of hydrogen-bond acceptors (Lipinski definition) is 2. The molecule has 0 radical (unpaired) electrons. The van der Waals surface area contributed by atoms with Crippen molar-refractivity contribution in [1.82, 2.24) is 0 Å². The monoisotopic (exact) mass is 204 g/mol. The lowest BCUT2D eigenvalue weighted by molar-refractivity contribution is -0.119. The summed E-state index contributed by atoms with van der Waals surface area (Å²) < 4.78 is 0. The van der Waals surface area contributed by atoms with Crippen molar-refractivity contribution >= 4 is 11.6 Å². The van der Waals surface area contributed by atoms with E-state index in [1.165, 1.54) is 0 Å². The van der Waals surface area contributed by atoms with Gasteiger partial charge >= 0.3 is 0 Å². The van der Waals surface area contributed by atoms with Crippen LogP contribution in [0.2, 0.25) is 0 Å². The first kappa shape index (κ1) is 10.2. The van der Waals surface area contributed by atoms with Gasteiger partial charge in [-0.15, -0.1) is 0 Å². The standard InChI is InChI=1S/C12H16N2O/c1-2-3-8-14-10-7-5-4-6-9(10)11(13)12(14)15/h4-7,11H,2-3,8,13H2,1H3. The molecule has 2 N–H and O–H groups in total. The molecule has 0 aromatic heterocycles. The summed E-state index contributed by atoms with van der Waals surface area (Å²) in [6, 6.07) is 7.32. The topological polar surface area (TPSA) is 46.3 Å². The highest BCUT2D eigenvalue weighted by Crippen LogP contribution is 2.34. The molecule has 0 spiro atoms. The molecule has 1 atom stereocenters. The van der Waals surface area contributed by atoms with Crippen molar-refractivity contribution in [3.05, 3.63) is 29.8 Å². The highest BCUT2D eigenvalue weighted by molar-refractivity contribution is 6.04. The van der Waals surface area contributed by atoms with E-state index in [9.17, 15) is 4.79 Å². The number of amides is 1. The first-order valence-electron chi connectivity index (χ1n) is 5.41. The lowest BCUT2D eigenvalue weighted by Crippen LogP contribution is -2.32. The number of carbonyl (C=O) groups excluding carboxylic acids is 1. The van der Waals surface area contributed by atoms with Crippen molar-refractivity contribution in [2.75, 3.05) is 11.4 Å². The van der Waals surface area contributed by atoms with Crippen LogP contribution in [0.3, 0.4) is 0 Å². The van der Waals surface area contributed by atoms with E-state index in [2.05, 4.69) is 6.92 Å². The Hall–Kier alpha value is -1.35. The molecule has 80 valence electrons. The minimum atomic E-state index is -0.460. The molecule has 1 aromatic carbocycles. The van der Waals surface area contributed by atoms with Gasteiger partial charge in [0.05, 0.1) is 0 Å². The molecule has 1 amide bonds. The first-order valence-corrected chi connectivity index (χ1v) is 5.41. The number of nitrogens with two attached hydrogens (primary N) is 1. The van der Waals surface area contributed by atoms with Gasteiger partial charge in [0.1, 0.15) is 6.04 Å².